The fourth-order valence-electron chi connectivity index (χ4n) is 2.62. The Kier molecular flexibility index (Phi) is 4.51. The summed E-state index contributed by atoms with van der Waals surface area (Å²) in [6.45, 7) is 7.16. The SMILES string of the molecule is Cc1cc(N2CCN(Cc3ccccc3Br)CC2)ncn1. The van der Waals surface area contributed by atoms with Crippen LogP contribution in [0.5, 0.6) is 0 Å². The van der Waals surface area contributed by atoms with Crippen LogP contribution in [-0.2, 0) is 6.54 Å². The molecule has 5 heteroatoms. The van der Waals surface area contributed by atoms with Crippen LogP contribution in [0.1, 0.15) is 11.3 Å². The van der Waals surface area contributed by atoms with Gasteiger partial charge in [-0.05, 0) is 18.6 Å². The van der Waals surface area contributed by atoms with Crippen molar-refractivity contribution in [2.45, 2.75) is 13.5 Å². The van der Waals surface area contributed by atoms with Crippen LogP contribution < -0.4 is 4.90 Å². The number of piperazine rings is 1. The van der Waals surface area contributed by atoms with E-state index in [0.717, 1.165) is 44.2 Å². The Balaban J connectivity index is 1.59. The summed E-state index contributed by atoms with van der Waals surface area (Å²) in [6.07, 6.45) is 1.65. The van der Waals surface area contributed by atoms with Crippen molar-refractivity contribution in [3.05, 3.63) is 52.4 Å². The van der Waals surface area contributed by atoms with E-state index in [1.807, 2.05) is 6.92 Å². The van der Waals surface area contributed by atoms with Gasteiger partial charge < -0.3 is 4.90 Å². The van der Waals surface area contributed by atoms with E-state index in [2.05, 4.69) is 66.0 Å². The van der Waals surface area contributed by atoms with Crippen LogP contribution in [0.2, 0.25) is 0 Å². The van der Waals surface area contributed by atoms with Gasteiger partial charge in [0.25, 0.3) is 0 Å². The molecule has 1 aliphatic rings. The highest BCUT2D eigenvalue weighted by molar-refractivity contribution is 9.10. The van der Waals surface area contributed by atoms with Crippen LogP contribution in [0.25, 0.3) is 0 Å². The van der Waals surface area contributed by atoms with E-state index >= 15 is 0 Å². The second kappa shape index (κ2) is 6.54. The first kappa shape index (κ1) is 14.5. The molecule has 3 rings (SSSR count). The average Bonchev–Trinajstić information content (AvgIpc) is 2.50. The molecular formula is C16H19BrN4. The van der Waals surface area contributed by atoms with E-state index in [9.17, 15) is 0 Å². The summed E-state index contributed by atoms with van der Waals surface area (Å²) in [5.41, 5.74) is 2.37. The van der Waals surface area contributed by atoms with Crippen LogP contribution in [0, 0.1) is 6.92 Å². The van der Waals surface area contributed by atoms with Gasteiger partial charge in [-0.1, -0.05) is 34.1 Å². The molecule has 0 unspecified atom stereocenters. The van der Waals surface area contributed by atoms with Gasteiger partial charge in [-0.25, -0.2) is 9.97 Å². The molecule has 0 atom stereocenters. The molecule has 0 radical (unpaired) electrons. The molecular weight excluding hydrogens is 328 g/mol. The van der Waals surface area contributed by atoms with Crippen LogP contribution >= 0.6 is 15.9 Å². The predicted octanol–water partition coefficient (Wildman–Crippen LogP) is 2.87. The minimum absolute atomic E-state index is 0.998. The Morgan fingerprint density at radius 3 is 2.57 bits per heavy atom. The number of halogens is 1. The zero-order chi connectivity index (χ0) is 14.7. The molecule has 0 saturated carbocycles. The van der Waals surface area contributed by atoms with Gasteiger partial charge in [0.15, 0.2) is 0 Å². The van der Waals surface area contributed by atoms with Crippen molar-refractivity contribution in [1.82, 2.24) is 14.9 Å². The third kappa shape index (κ3) is 3.60. The second-order valence-corrected chi connectivity index (χ2v) is 6.23. The lowest BCUT2D eigenvalue weighted by molar-refractivity contribution is 0.249. The number of nitrogens with zero attached hydrogens (tertiary/aromatic N) is 4. The molecule has 2 heterocycles. The lowest BCUT2D eigenvalue weighted by Gasteiger charge is -2.35. The maximum absolute atomic E-state index is 4.38. The smallest absolute Gasteiger partial charge is 0.132 e. The summed E-state index contributed by atoms with van der Waals surface area (Å²) in [4.78, 5) is 13.4. The number of hydrogen-bond donors (Lipinski definition) is 0. The van der Waals surface area contributed by atoms with Gasteiger partial charge >= 0.3 is 0 Å². The molecule has 2 aromatic rings. The molecule has 1 aromatic heterocycles. The van der Waals surface area contributed by atoms with Crippen molar-refractivity contribution < 1.29 is 0 Å². The van der Waals surface area contributed by atoms with Crippen LogP contribution in [0.3, 0.4) is 0 Å². The number of anilines is 1. The monoisotopic (exact) mass is 346 g/mol. The summed E-state index contributed by atoms with van der Waals surface area (Å²) in [7, 11) is 0. The maximum atomic E-state index is 4.38. The Labute approximate surface area is 133 Å². The highest BCUT2D eigenvalue weighted by atomic mass is 79.9. The molecule has 1 saturated heterocycles. The number of rotatable bonds is 3. The number of benzene rings is 1. The summed E-state index contributed by atoms with van der Waals surface area (Å²) in [5.74, 6) is 1.04. The lowest BCUT2D eigenvalue weighted by Crippen LogP contribution is -2.46. The molecule has 0 amide bonds. The van der Waals surface area contributed by atoms with Crippen LogP contribution in [0.4, 0.5) is 5.82 Å². The van der Waals surface area contributed by atoms with Crippen molar-refractivity contribution in [2.24, 2.45) is 0 Å². The largest absolute Gasteiger partial charge is 0.354 e. The van der Waals surface area contributed by atoms with Gasteiger partial charge in [-0.3, -0.25) is 4.90 Å². The summed E-state index contributed by atoms with van der Waals surface area (Å²) >= 11 is 3.63. The van der Waals surface area contributed by atoms with E-state index in [1.165, 1.54) is 10.0 Å². The molecule has 4 nitrogen and oxygen atoms in total. The standard InChI is InChI=1S/C16H19BrN4/c1-13-10-16(19-12-18-13)21-8-6-20(7-9-21)11-14-4-2-3-5-15(14)17/h2-5,10,12H,6-9,11H2,1H3. The summed E-state index contributed by atoms with van der Waals surface area (Å²) < 4.78 is 1.19. The van der Waals surface area contributed by atoms with Crippen molar-refractivity contribution in [3.8, 4) is 0 Å². The normalized spacial score (nSPS) is 16.2. The topological polar surface area (TPSA) is 32.3 Å². The van der Waals surface area contributed by atoms with Crippen molar-refractivity contribution >= 4 is 21.7 Å². The first-order valence-corrected chi connectivity index (χ1v) is 8.01. The quantitative estimate of drug-likeness (QED) is 0.855. The number of aryl methyl sites for hydroxylation is 1. The average molecular weight is 347 g/mol. The maximum Gasteiger partial charge on any atom is 0.132 e. The van der Waals surface area contributed by atoms with Gasteiger partial charge in [0.2, 0.25) is 0 Å². The van der Waals surface area contributed by atoms with E-state index in [0.29, 0.717) is 0 Å². The van der Waals surface area contributed by atoms with E-state index in [4.69, 9.17) is 0 Å². The van der Waals surface area contributed by atoms with Crippen LogP contribution in [0.15, 0.2) is 41.1 Å². The highest BCUT2D eigenvalue weighted by Gasteiger charge is 2.18. The van der Waals surface area contributed by atoms with Crippen molar-refractivity contribution in [1.29, 1.82) is 0 Å². The van der Waals surface area contributed by atoms with Gasteiger partial charge in [-0.15, -0.1) is 0 Å². The van der Waals surface area contributed by atoms with Crippen LogP contribution in [-0.4, -0.2) is 41.0 Å². The minimum Gasteiger partial charge on any atom is -0.354 e. The lowest BCUT2D eigenvalue weighted by atomic mass is 10.2. The molecule has 1 aromatic carbocycles. The molecule has 0 aliphatic carbocycles. The Morgan fingerprint density at radius 1 is 1.10 bits per heavy atom. The second-order valence-electron chi connectivity index (χ2n) is 5.37. The zero-order valence-electron chi connectivity index (χ0n) is 12.2. The van der Waals surface area contributed by atoms with E-state index in [1.54, 1.807) is 6.33 Å². The van der Waals surface area contributed by atoms with Gasteiger partial charge in [0, 0.05) is 49.0 Å². The first-order chi connectivity index (χ1) is 10.2. The van der Waals surface area contributed by atoms with Gasteiger partial charge in [0.1, 0.15) is 12.1 Å². The fraction of sp³-hybridized carbons (Fsp3) is 0.375. The zero-order valence-corrected chi connectivity index (χ0v) is 13.8. The number of hydrogen-bond acceptors (Lipinski definition) is 4. The highest BCUT2D eigenvalue weighted by Crippen LogP contribution is 2.19. The number of aromatic nitrogens is 2. The Hall–Kier alpha value is -1.46. The van der Waals surface area contributed by atoms with Crippen molar-refractivity contribution in [3.63, 3.8) is 0 Å². The molecule has 0 bridgehead atoms. The van der Waals surface area contributed by atoms with Crippen molar-refractivity contribution in [2.75, 3.05) is 31.1 Å². The minimum atomic E-state index is 0.998. The van der Waals surface area contributed by atoms with Gasteiger partial charge in [0.05, 0.1) is 0 Å². The third-order valence-electron chi connectivity index (χ3n) is 3.84. The fourth-order valence-corrected chi connectivity index (χ4v) is 3.03. The summed E-state index contributed by atoms with van der Waals surface area (Å²) in [6, 6.07) is 10.5. The Bertz CT molecular complexity index is 609. The van der Waals surface area contributed by atoms with E-state index < -0.39 is 0 Å². The first-order valence-electron chi connectivity index (χ1n) is 7.22. The third-order valence-corrected chi connectivity index (χ3v) is 4.61. The molecule has 0 spiro atoms. The Morgan fingerprint density at radius 2 is 1.86 bits per heavy atom. The molecule has 0 N–H and O–H groups in total. The predicted molar refractivity (Wildman–Crippen MR) is 88.4 cm³/mol. The van der Waals surface area contributed by atoms with Gasteiger partial charge in [-0.2, -0.15) is 0 Å². The molecule has 1 fully saturated rings. The molecule has 1 aliphatic heterocycles. The van der Waals surface area contributed by atoms with E-state index in [-0.39, 0.29) is 0 Å². The molecule has 110 valence electrons. The summed E-state index contributed by atoms with van der Waals surface area (Å²) in [5, 5.41) is 0. The molecule has 21 heavy (non-hydrogen) atoms.